The summed E-state index contributed by atoms with van der Waals surface area (Å²) in [5.41, 5.74) is 3.71. The van der Waals surface area contributed by atoms with Gasteiger partial charge in [0.1, 0.15) is 5.69 Å². The van der Waals surface area contributed by atoms with Crippen LogP contribution in [0.25, 0.3) is 0 Å². The van der Waals surface area contributed by atoms with Crippen molar-refractivity contribution in [2.24, 2.45) is 0 Å². The van der Waals surface area contributed by atoms with E-state index in [0.717, 1.165) is 42.6 Å². The van der Waals surface area contributed by atoms with Crippen LogP contribution >= 0.6 is 0 Å². The molecule has 1 atom stereocenters. The summed E-state index contributed by atoms with van der Waals surface area (Å²) in [4.78, 5) is 32.2. The molecule has 2 amide bonds. The minimum atomic E-state index is -0.290. The van der Waals surface area contributed by atoms with E-state index in [0.29, 0.717) is 5.56 Å². The lowest BCUT2D eigenvalue weighted by molar-refractivity contribution is 0.0608. The molecule has 5 nitrogen and oxygen atoms in total. The summed E-state index contributed by atoms with van der Waals surface area (Å²) >= 11 is 0. The van der Waals surface area contributed by atoms with Crippen LogP contribution in [0, 0.1) is 6.92 Å². The Hall–Kier alpha value is -2.69. The van der Waals surface area contributed by atoms with Crippen LogP contribution in [-0.2, 0) is 0 Å². The average molecular weight is 394 g/mol. The summed E-state index contributed by atoms with van der Waals surface area (Å²) in [5, 5.41) is 3.02. The van der Waals surface area contributed by atoms with Gasteiger partial charge in [0.2, 0.25) is 0 Å². The largest absolute Gasteiger partial charge is 0.336 e. The van der Waals surface area contributed by atoms with Crippen molar-refractivity contribution in [3.05, 3.63) is 58.9 Å². The smallest absolute Gasteiger partial charge is 0.274 e. The van der Waals surface area contributed by atoms with Gasteiger partial charge in [-0.3, -0.25) is 14.6 Å². The Labute approximate surface area is 173 Å². The van der Waals surface area contributed by atoms with E-state index in [9.17, 15) is 9.59 Å². The summed E-state index contributed by atoms with van der Waals surface area (Å²) in [6, 6.07) is 9.61. The van der Waals surface area contributed by atoms with Crippen LogP contribution in [0.3, 0.4) is 0 Å². The van der Waals surface area contributed by atoms with Gasteiger partial charge in [0.05, 0.1) is 0 Å². The third kappa shape index (κ3) is 4.66. The topological polar surface area (TPSA) is 62.3 Å². The molecule has 1 unspecified atom stereocenters. The highest BCUT2D eigenvalue weighted by molar-refractivity contribution is 6.05. The second-order valence-electron chi connectivity index (χ2n) is 8.13. The van der Waals surface area contributed by atoms with Crippen molar-refractivity contribution in [3.8, 4) is 0 Å². The molecule has 1 N–H and O–H groups in total. The summed E-state index contributed by atoms with van der Waals surface area (Å²) in [7, 11) is 0. The Balaban J connectivity index is 1.83. The first kappa shape index (κ1) is 21.0. The number of rotatable bonds is 5. The average Bonchev–Trinajstić information content (AvgIpc) is 2.74. The molecule has 0 aliphatic carbocycles. The number of nitrogens with zero attached hydrogens (tertiary/aromatic N) is 2. The Morgan fingerprint density at radius 1 is 1.24 bits per heavy atom. The van der Waals surface area contributed by atoms with E-state index in [1.165, 1.54) is 6.42 Å². The predicted molar refractivity (Wildman–Crippen MR) is 116 cm³/mol. The van der Waals surface area contributed by atoms with Gasteiger partial charge in [0.15, 0.2) is 0 Å². The zero-order valence-electron chi connectivity index (χ0n) is 17.9. The third-order valence-electron chi connectivity index (χ3n) is 5.76. The van der Waals surface area contributed by atoms with Gasteiger partial charge in [-0.05, 0) is 61.8 Å². The second-order valence-corrected chi connectivity index (χ2v) is 8.13. The Morgan fingerprint density at radius 3 is 2.76 bits per heavy atom. The van der Waals surface area contributed by atoms with E-state index in [-0.39, 0.29) is 29.5 Å². The van der Waals surface area contributed by atoms with E-state index in [2.05, 4.69) is 31.1 Å². The van der Waals surface area contributed by atoms with Crippen LogP contribution in [-0.4, -0.2) is 34.3 Å². The first-order chi connectivity index (χ1) is 13.9. The first-order valence-corrected chi connectivity index (χ1v) is 10.6. The highest BCUT2D eigenvalue weighted by Crippen LogP contribution is 2.28. The molecule has 1 aromatic heterocycles. The van der Waals surface area contributed by atoms with Gasteiger partial charge < -0.3 is 10.2 Å². The van der Waals surface area contributed by atoms with Crippen LogP contribution in [0.5, 0.6) is 0 Å². The number of nitrogens with one attached hydrogen (secondary N) is 1. The molecule has 5 heteroatoms. The molecule has 0 radical (unpaired) electrons. The number of anilines is 1. The summed E-state index contributed by atoms with van der Waals surface area (Å²) in [5.74, 6) is -0.00977. The second kappa shape index (κ2) is 9.21. The fourth-order valence-electron chi connectivity index (χ4n) is 4.07. The highest BCUT2D eigenvalue weighted by Gasteiger charge is 2.26. The Kier molecular flexibility index (Phi) is 6.68. The maximum atomic E-state index is 13.1. The monoisotopic (exact) mass is 393 g/mol. The van der Waals surface area contributed by atoms with Gasteiger partial charge in [-0.1, -0.05) is 39.0 Å². The lowest BCUT2D eigenvalue weighted by Gasteiger charge is -2.35. The maximum absolute atomic E-state index is 13.1. The number of piperidine rings is 1. The molecular formula is C24H31N3O2. The minimum absolute atomic E-state index is 0.00763. The van der Waals surface area contributed by atoms with E-state index in [1.54, 1.807) is 18.3 Å². The quantitative estimate of drug-likeness (QED) is 0.762. The van der Waals surface area contributed by atoms with Crippen LogP contribution < -0.4 is 5.32 Å². The van der Waals surface area contributed by atoms with Crippen molar-refractivity contribution < 1.29 is 9.59 Å². The number of pyridine rings is 1. The molecule has 0 spiro atoms. The fourth-order valence-corrected chi connectivity index (χ4v) is 4.07. The van der Waals surface area contributed by atoms with Crippen molar-refractivity contribution in [2.75, 3.05) is 11.9 Å². The number of para-hydroxylation sites is 1. The number of aromatic nitrogens is 1. The molecule has 0 bridgehead atoms. The molecule has 29 heavy (non-hydrogen) atoms. The number of likely N-dealkylation sites (tertiary alicyclic amines) is 1. The number of aryl methyl sites for hydroxylation is 1. The zero-order chi connectivity index (χ0) is 21.0. The number of amides is 2. The molecule has 1 saturated heterocycles. The molecule has 1 fully saturated rings. The van der Waals surface area contributed by atoms with E-state index >= 15 is 0 Å². The lowest BCUT2D eigenvalue weighted by Crippen LogP contribution is -2.43. The summed E-state index contributed by atoms with van der Waals surface area (Å²) in [6.07, 6.45) is 5.75. The van der Waals surface area contributed by atoms with E-state index in [4.69, 9.17) is 0 Å². The van der Waals surface area contributed by atoms with Crippen LogP contribution in [0.2, 0.25) is 0 Å². The van der Waals surface area contributed by atoms with Crippen LogP contribution in [0.1, 0.15) is 84.3 Å². The molecule has 2 aromatic rings. The van der Waals surface area contributed by atoms with E-state index < -0.39 is 0 Å². The molecular weight excluding hydrogens is 362 g/mol. The van der Waals surface area contributed by atoms with Gasteiger partial charge in [0.25, 0.3) is 11.8 Å². The predicted octanol–water partition coefficient (Wildman–Crippen LogP) is 5.17. The number of carbonyl (C=O) groups is 2. The van der Waals surface area contributed by atoms with Crippen LogP contribution in [0.15, 0.2) is 36.5 Å². The van der Waals surface area contributed by atoms with Crippen LogP contribution in [0.4, 0.5) is 5.69 Å². The standard InChI is InChI=1S/C24H31N3O2/c1-5-19-10-6-7-14-27(19)24(29)18-12-13-25-21(15-18)23(28)26-22-17(4)9-8-11-20(22)16(2)3/h8-9,11-13,15-16,19H,5-7,10,14H2,1-4H3,(H,26,28). The molecule has 1 aliphatic heterocycles. The maximum Gasteiger partial charge on any atom is 0.274 e. The Bertz CT molecular complexity index is 891. The highest BCUT2D eigenvalue weighted by atomic mass is 16.2. The van der Waals surface area contributed by atoms with Gasteiger partial charge in [-0.25, -0.2) is 0 Å². The third-order valence-corrected chi connectivity index (χ3v) is 5.76. The summed E-state index contributed by atoms with van der Waals surface area (Å²) < 4.78 is 0. The molecule has 154 valence electrons. The van der Waals surface area contributed by atoms with Crippen molar-refractivity contribution in [1.82, 2.24) is 9.88 Å². The molecule has 1 aliphatic rings. The van der Waals surface area contributed by atoms with Crippen molar-refractivity contribution in [3.63, 3.8) is 0 Å². The normalized spacial score (nSPS) is 16.7. The molecule has 3 rings (SSSR count). The first-order valence-electron chi connectivity index (χ1n) is 10.6. The van der Waals surface area contributed by atoms with Gasteiger partial charge in [-0.2, -0.15) is 0 Å². The molecule has 0 saturated carbocycles. The van der Waals surface area contributed by atoms with Crippen molar-refractivity contribution in [1.29, 1.82) is 0 Å². The molecule has 1 aromatic carbocycles. The SMILES string of the molecule is CCC1CCCCN1C(=O)c1ccnc(C(=O)Nc2c(C)cccc2C(C)C)c1. The van der Waals surface area contributed by atoms with Crippen molar-refractivity contribution >= 4 is 17.5 Å². The van der Waals surface area contributed by atoms with Gasteiger partial charge >= 0.3 is 0 Å². The van der Waals surface area contributed by atoms with Gasteiger partial charge in [0, 0.05) is 30.0 Å². The zero-order valence-corrected chi connectivity index (χ0v) is 17.9. The van der Waals surface area contributed by atoms with Gasteiger partial charge in [-0.15, -0.1) is 0 Å². The minimum Gasteiger partial charge on any atom is -0.336 e. The number of carbonyl (C=O) groups excluding carboxylic acids is 2. The summed E-state index contributed by atoms with van der Waals surface area (Å²) in [6.45, 7) is 9.09. The lowest BCUT2D eigenvalue weighted by atomic mass is 9.98. The number of hydrogen-bond donors (Lipinski definition) is 1. The number of hydrogen-bond acceptors (Lipinski definition) is 3. The van der Waals surface area contributed by atoms with E-state index in [1.807, 2.05) is 30.0 Å². The molecule has 2 heterocycles. The number of benzene rings is 1. The fraction of sp³-hybridized carbons (Fsp3) is 0.458. The Morgan fingerprint density at radius 2 is 2.03 bits per heavy atom. The van der Waals surface area contributed by atoms with Crippen molar-refractivity contribution in [2.45, 2.75) is 65.3 Å².